The lowest BCUT2D eigenvalue weighted by molar-refractivity contribution is 0.104. The van der Waals surface area contributed by atoms with Crippen LogP contribution in [0.5, 0.6) is 0 Å². The average molecular weight is 413 g/mol. The summed E-state index contributed by atoms with van der Waals surface area (Å²) < 4.78 is 0. The summed E-state index contributed by atoms with van der Waals surface area (Å²) in [5.41, 5.74) is 12.4. The Kier molecular flexibility index (Phi) is 5.09. The molecule has 150 valence electrons. The molecule has 0 spiro atoms. The molecule has 0 fully saturated rings. The Hall–Kier alpha value is -2.98. The highest BCUT2D eigenvalue weighted by Gasteiger charge is 2.21. The maximum Gasteiger partial charge on any atom is 0.205 e. The summed E-state index contributed by atoms with van der Waals surface area (Å²) in [5.74, 6) is -0.0254. The van der Waals surface area contributed by atoms with Crippen LogP contribution in [0.25, 0.3) is 21.3 Å². The molecule has 0 saturated carbocycles. The second-order valence-corrected chi connectivity index (χ2v) is 8.98. The first-order valence-corrected chi connectivity index (χ1v) is 11.4. The van der Waals surface area contributed by atoms with Gasteiger partial charge in [0.2, 0.25) is 5.78 Å². The third kappa shape index (κ3) is 3.52. The quantitative estimate of drug-likeness (QED) is 0.394. The lowest BCUT2D eigenvalue weighted by atomic mass is 9.96. The maximum atomic E-state index is 13.2. The fourth-order valence-electron chi connectivity index (χ4n) is 4.26. The minimum atomic E-state index is -0.0254. The summed E-state index contributed by atoms with van der Waals surface area (Å²) in [6, 6.07) is 20.1. The zero-order valence-corrected chi connectivity index (χ0v) is 17.7. The molecule has 2 heterocycles. The number of nitrogen functional groups attached to an aromatic ring is 1. The number of benzene rings is 2. The van der Waals surface area contributed by atoms with E-state index in [-0.39, 0.29) is 5.78 Å². The SMILES string of the molecule is Nc1c(C(=O)c2ccc(-c3ccccc3)cc2)sc2nc3c(cc12)CCCCCC3. The predicted octanol–water partition coefficient (Wildman–Crippen LogP) is 6.44. The van der Waals surface area contributed by atoms with E-state index in [4.69, 9.17) is 10.7 Å². The molecule has 5 rings (SSSR count). The molecular formula is C26H24N2OS. The normalized spacial score (nSPS) is 14.1. The van der Waals surface area contributed by atoms with E-state index in [1.807, 2.05) is 42.5 Å². The number of thiophene rings is 1. The largest absolute Gasteiger partial charge is 0.397 e. The Bertz CT molecular complexity index is 1210. The highest BCUT2D eigenvalue weighted by Crippen LogP contribution is 2.36. The first-order valence-electron chi connectivity index (χ1n) is 10.6. The van der Waals surface area contributed by atoms with E-state index < -0.39 is 0 Å². The van der Waals surface area contributed by atoms with Crippen LogP contribution in [-0.4, -0.2) is 10.8 Å². The van der Waals surface area contributed by atoms with Crippen LogP contribution in [-0.2, 0) is 12.8 Å². The molecule has 2 aromatic carbocycles. The van der Waals surface area contributed by atoms with Gasteiger partial charge in [0.1, 0.15) is 9.71 Å². The van der Waals surface area contributed by atoms with Gasteiger partial charge in [0, 0.05) is 16.6 Å². The van der Waals surface area contributed by atoms with E-state index in [1.165, 1.54) is 48.3 Å². The third-order valence-corrected chi connectivity index (χ3v) is 7.07. The van der Waals surface area contributed by atoms with Crippen LogP contribution >= 0.6 is 11.3 Å². The van der Waals surface area contributed by atoms with Gasteiger partial charge in [0.25, 0.3) is 0 Å². The van der Waals surface area contributed by atoms with Gasteiger partial charge < -0.3 is 5.73 Å². The molecule has 0 atom stereocenters. The summed E-state index contributed by atoms with van der Waals surface area (Å²) in [6.45, 7) is 0. The van der Waals surface area contributed by atoms with Gasteiger partial charge in [-0.15, -0.1) is 11.3 Å². The van der Waals surface area contributed by atoms with Crippen molar-refractivity contribution in [1.82, 2.24) is 4.98 Å². The standard InChI is InChI=1S/C26H24N2OS/c27-23-21-16-20-10-4-1-2-7-11-22(20)28-26(21)30-25(23)24(29)19-14-12-18(13-15-19)17-8-5-3-6-9-17/h3,5-6,8-9,12-16H,1-2,4,7,10-11,27H2. The van der Waals surface area contributed by atoms with Crippen LogP contribution in [0, 0.1) is 0 Å². The molecule has 4 heteroatoms. The highest BCUT2D eigenvalue weighted by atomic mass is 32.1. The Morgan fingerprint density at radius 3 is 2.33 bits per heavy atom. The fourth-order valence-corrected chi connectivity index (χ4v) is 5.32. The number of nitrogens with zero attached hydrogens (tertiary/aromatic N) is 1. The molecule has 0 amide bonds. The van der Waals surface area contributed by atoms with Crippen molar-refractivity contribution in [2.45, 2.75) is 38.5 Å². The molecule has 30 heavy (non-hydrogen) atoms. The molecule has 3 nitrogen and oxygen atoms in total. The third-order valence-electron chi connectivity index (χ3n) is 5.96. The number of pyridine rings is 1. The molecule has 0 bridgehead atoms. The van der Waals surface area contributed by atoms with Crippen molar-refractivity contribution < 1.29 is 4.79 Å². The van der Waals surface area contributed by atoms with Crippen molar-refractivity contribution in [3.05, 3.63) is 82.4 Å². The summed E-state index contributed by atoms with van der Waals surface area (Å²) in [6.07, 6.45) is 7.01. The first kappa shape index (κ1) is 19.0. The molecule has 4 aromatic rings. The lowest BCUT2D eigenvalue weighted by Gasteiger charge is -2.12. The Labute approximate surface area is 180 Å². The Morgan fingerprint density at radius 1 is 0.867 bits per heavy atom. The number of fused-ring (bicyclic) bond motifs is 2. The van der Waals surface area contributed by atoms with Crippen molar-refractivity contribution in [3.63, 3.8) is 0 Å². The van der Waals surface area contributed by atoms with E-state index in [1.54, 1.807) is 0 Å². The van der Waals surface area contributed by atoms with Gasteiger partial charge in [0.15, 0.2) is 0 Å². The van der Waals surface area contributed by atoms with Crippen LogP contribution in [0.4, 0.5) is 5.69 Å². The molecule has 0 aliphatic heterocycles. The van der Waals surface area contributed by atoms with E-state index in [2.05, 4.69) is 18.2 Å². The predicted molar refractivity (Wildman–Crippen MR) is 125 cm³/mol. The number of rotatable bonds is 3. The molecule has 0 unspecified atom stereocenters. The molecule has 0 saturated heterocycles. The van der Waals surface area contributed by atoms with Gasteiger partial charge in [-0.2, -0.15) is 0 Å². The van der Waals surface area contributed by atoms with Crippen molar-refractivity contribution in [2.75, 3.05) is 5.73 Å². The second kappa shape index (κ2) is 8.04. The number of carbonyl (C=O) groups is 1. The van der Waals surface area contributed by atoms with Crippen LogP contribution in [0.1, 0.15) is 52.2 Å². The van der Waals surface area contributed by atoms with Crippen LogP contribution < -0.4 is 5.73 Å². The van der Waals surface area contributed by atoms with Crippen molar-refractivity contribution in [2.24, 2.45) is 0 Å². The maximum absolute atomic E-state index is 13.2. The fraction of sp³-hybridized carbons (Fsp3) is 0.231. The van der Waals surface area contributed by atoms with Crippen LogP contribution in [0.3, 0.4) is 0 Å². The van der Waals surface area contributed by atoms with Crippen molar-refractivity contribution in [3.8, 4) is 11.1 Å². The number of hydrogen-bond acceptors (Lipinski definition) is 4. The highest BCUT2D eigenvalue weighted by molar-refractivity contribution is 7.21. The minimum absolute atomic E-state index is 0.0254. The number of anilines is 1. The number of aryl methyl sites for hydroxylation is 2. The van der Waals surface area contributed by atoms with E-state index in [0.29, 0.717) is 16.1 Å². The first-order chi connectivity index (χ1) is 14.7. The Balaban J connectivity index is 1.49. The van der Waals surface area contributed by atoms with Gasteiger partial charge in [-0.25, -0.2) is 4.98 Å². The second-order valence-electron chi connectivity index (χ2n) is 7.98. The summed E-state index contributed by atoms with van der Waals surface area (Å²) in [4.78, 5) is 19.6. The summed E-state index contributed by atoms with van der Waals surface area (Å²) >= 11 is 1.43. The van der Waals surface area contributed by atoms with E-state index in [0.717, 1.165) is 34.2 Å². The summed E-state index contributed by atoms with van der Waals surface area (Å²) in [5, 5.41) is 0.934. The molecule has 2 aromatic heterocycles. The Morgan fingerprint density at radius 2 is 1.57 bits per heavy atom. The van der Waals surface area contributed by atoms with Crippen molar-refractivity contribution >= 4 is 33.0 Å². The van der Waals surface area contributed by atoms with Crippen LogP contribution in [0.15, 0.2) is 60.7 Å². The molecule has 2 N–H and O–H groups in total. The molecule has 1 aliphatic rings. The monoisotopic (exact) mass is 412 g/mol. The van der Waals surface area contributed by atoms with E-state index >= 15 is 0 Å². The topological polar surface area (TPSA) is 56.0 Å². The molecule has 0 radical (unpaired) electrons. The van der Waals surface area contributed by atoms with Gasteiger partial charge in [-0.05, 0) is 48.4 Å². The van der Waals surface area contributed by atoms with Crippen molar-refractivity contribution in [1.29, 1.82) is 0 Å². The van der Waals surface area contributed by atoms with Gasteiger partial charge in [-0.1, -0.05) is 67.4 Å². The van der Waals surface area contributed by atoms with Gasteiger partial charge in [-0.3, -0.25) is 4.79 Å². The zero-order chi connectivity index (χ0) is 20.5. The smallest absolute Gasteiger partial charge is 0.205 e. The lowest BCUT2D eigenvalue weighted by Crippen LogP contribution is -2.03. The average Bonchev–Trinajstić information content (AvgIpc) is 3.09. The number of aromatic nitrogens is 1. The van der Waals surface area contributed by atoms with Gasteiger partial charge in [0.05, 0.1) is 5.69 Å². The molecule has 1 aliphatic carbocycles. The minimum Gasteiger partial charge on any atom is -0.397 e. The van der Waals surface area contributed by atoms with Gasteiger partial charge >= 0.3 is 0 Å². The zero-order valence-electron chi connectivity index (χ0n) is 16.9. The number of ketones is 1. The number of hydrogen-bond donors (Lipinski definition) is 1. The summed E-state index contributed by atoms with van der Waals surface area (Å²) in [7, 11) is 0. The number of carbonyl (C=O) groups excluding carboxylic acids is 1. The van der Waals surface area contributed by atoms with Crippen LogP contribution in [0.2, 0.25) is 0 Å². The number of nitrogens with two attached hydrogens (primary N) is 1. The van der Waals surface area contributed by atoms with E-state index in [9.17, 15) is 4.79 Å². The molecular weight excluding hydrogens is 388 g/mol.